The SMILES string of the molecule is CC1=C(C#N)[C@@H](c2sccc2C)C2=C(CCCC2=O)N1. The molecule has 0 aromatic carbocycles. The summed E-state index contributed by atoms with van der Waals surface area (Å²) in [6.07, 6.45) is 2.40. The van der Waals surface area contributed by atoms with Crippen molar-refractivity contribution in [3.05, 3.63) is 44.4 Å². The number of dihydropyridines is 1. The Morgan fingerprint density at radius 3 is 2.85 bits per heavy atom. The molecule has 0 unspecified atom stereocenters. The first kappa shape index (κ1) is 13.1. The highest BCUT2D eigenvalue weighted by atomic mass is 32.1. The van der Waals surface area contributed by atoms with Crippen molar-refractivity contribution < 1.29 is 4.79 Å². The molecule has 1 aromatic heterocycles. The summed E-state index contributed by atoms with van der Waals surface area (Å²) in [6, 6.07) is 4.37. The number of ketones is 1. The van der Waals surface area contributed by atoms with Crippen LogP contribution in [0.3, 0.4) is 0 Å². The van der Waals surface area contributed by atoms with Gasteiger partial charge < -0.3 is 5.32 Å². The van der Waals surface area contributed by atoms with Gasteiger partial charge in [0.25, 0.3) is 0 Å². The number of carbonyl (C=O) groups is 1. The zero-order chi connectivity index (χ0) is 14.3. The summed E-state index contributed by atoms with van der Waals surface area (Å²) >= 11 is 1.64. The van der Waals surface area contributed by atoms with Gasteiger partial charge in [0.1, 0.15) is 0 Å². The molecule has 0 spiro atoms. The molecule has 3 rings (SSSR count). The third-order valence-corrected chi connectivity index (χ3v) is 5.14. The minimum absolute atomic E-state index is 0.163. The first-order valence-corrected chi connectivity index (χ1v) is 7.69. The minimum Gasteiger partial charge on any atom is -0.361 e. The summed E-state index contributed by atoms with van der Waals surface area (Å²) in [5.74, 6) is 0.0286. The van der Waals surface area contributed by atoms with Crippen LogP contribution in [0, 0.1) is 18.3 Å². The van der Waals surface area contributed by atoms with E-state index < -0.39 is 0 Å². The first-order chi connectivity index (χ1) is 9.63. The maximum Gasteiger partial charge on any atom is 0.161 e. The van der Waals surface area contributed by atoms with Crippen LogP contribution in [-0.2, 0) is 4.79 Å². The van der Waals surface area contributed by atoms with Crippen molar-refractivity contribution in [1.29, 1.82) is 5.26 Å². The summed E-state index contributed by atoms with van der Waals surface area (Å²) in [5.41, 5.74) is 4.58. The lowest BCUT2D eigenvalue weighted by Gasteiger charge is -2.32. The number of thiophene rings is 1. The summed E-state index contributed by atoms with van der Waals surface area (Å²) in [5, 5.41) is 14.8. The molecule has 3 nitrogen and oxygen atoms in total. The van der Waals surface area contributed by atoms with E-state index in [-0.39, 0.29) is 11.7 Å². The lowest BCUT2D eigenvalue weighted by Crippen LogP contribution is -2.31. The second-order valence-corrected chi connectivity index (χ2v) is 6.29. The fraction of sp³-hybridized carbons (Fsp3) is 0.375. The third kappa shape index (κ3) is 1.90. The Morgan fingerprint density at radius 2 is 2.20 bits per heavy atom. The van der Waals surface area contributed by atoms with Crippen molar-refractivity contribution in [1.82, 2.24) is 5.32 Å². The van der Waals surface area contributed by atoms with Gasteiger partial charge in [0.05, 0.1) is 17.6 Å². The second-order valence-electron chi connectivity index (χ2n) is 5.35. The van der Waals surface area contributed by atoms with Gasteiger partial charge in [-0.1, -0.05) is 0 Å². The van der Waals surface area contributed by atoms with Crippen molar-refractivity contribution in [2.75, 3.05) is 0 Å². The van der Waals surface area contributed by atoms with E-state index in [1.54, 1.807) is 11.3 Å². The molecule has 0 radical (unpaired) electrons. The number of nitriles is 1. The zero-order valence-electron chi connectivity index (χ0n) is 11.6. The standard InChI is InChI=1S/C16H16N2OS/c1-9-6-7-20-16(9)14-11(8-17)10(2)18-12-4-3-5-13(19)15(12)14/h6-7,14,18H,3-5H2,1-2H3/t14-/m1/s1. The van der Waals surface area contributed by atoms with Gasteiger partial charge >= 0.3 is 0 Å². The largest absolute Gasteiger partial charge is 0.361 e. The van der Waals surface area contributed by atoms with E-state index >= 15 is 0 Å². The lowest BCUT2D eigenvalue weighted by atomic mass is 9.77. The van der Waals surface area contributed by atoms with Crippen LogP contribution in [0.5, 0.6) is 0 Å². The van der Waals surface area contributed by atoms with Crippen molar-refractivity contribution in [2.24, 2.45) is 0 Å². The fourth-order valence-electron chi connectivity index (χ4n) is 3.07. The number of hydrogen-bond donors (Lipinski definition) is 1. The van der Waals surface area contributed by atoms with Crippen LogP contribution >= 0.6 is 11.3 Å². The van der Waals surface area contributed by atoms with Crippen molar-refractivity contribution in [3.63, 3.8) is 0 Å². The minimum atomic E-state index is -0.163. The molecule has 0 bridgehead atoms. The number of aryl methyl sites for hydroxylation is 1. The maximum absolute atomic E-state index is 12.4. The highest BCUT2D eigenvalue weighted by Crippen LogP contribution is 2.44. The van der Waals surface area contributed by atoms with Crippen LogP contribution < -0.4 is 5.32 Å². The Labute approximate surface area is 122 Å². The molecule has 1 aromatic rings. The molecule has 2 heterocycles. The summed E-state index contributed by atoms with van der Waals surface area (Å²) < 4.78 is 0. The van der Waals surface area contributed by atoms with Crippen LogP contribution in [0.1, 0.15) is 42.5 Å². The molecule has 0 saturated carbocycles. The molecule has 1 aliphatic heterocycles. The monoisotopic (exact) mass is 284 g/mol. The van der Waals surface area contributed by atoms with Crippen LogP contribution in [0.25, 0.3) is 0 Å². The van der Waals surface area contributed by atoms with Crippen molar-refractivity contribution >= 4 is 17.1 Å². The number of Topliss-reactive ketones (excluding diaryl/α,β-unsaturated/α-hetero) is 1. The zero-order valence-corrected chi connectivity index (χ0v) is 12.4. The summed E-state index contributed by atoms with van der Waals surface area (Å²) in [7, 11) is 0. The van der Waals surface area contributed by atoms with Crippen LogP contribution in [0.15, 0.2) is 34.0 Å². The summed E-state index contributed by atoms with van der Waals surface area (Å²) in [6.45, 7) is 3.98. The van der Waals surface area contributed by atoms with Crippen LogP contribution in [0.2, 0.25) is 0 Å². The van der Waals surface area contributed by atoms with Crippen molar-refractivity contribution in [2.45, 2.75) is 39.0 Å². The average Bonchev–Trinajstić information content (AvgIpc) is 2.83. The maximum atomic E-state index is 12.4. The van der Waals surface area contributed by atoms with Gasteiger partial charge in [-0.05, 0) is 43.7 Å². The molecule has 4 heteroatoms. The Morgan fingerprint density at radius 1 is 1.40 bits per heavy atom. The van der Waals surface area contributed by atoms with Gasteiger partial charge in [-0.25, -0.2) is 0 Å². The Bertz CT molecular complexity index is 688. The molecule has 1 N–H and O–H groups in total. The van der Waals surface area contributed by atoms with Gasteiger partial charge in [-0.15, -0.1) is 11.3 Å². The van der Waals surface area contributed by atoms with E-state index in [4.69, 9.17) is 0 Å². The predicted molar refractivity (Wildman–Crippen MR) is 79.1 cm³/mol. The van der Waals surface area contributed by atoms with E-state index in [9.17, 15) is 10.1 Å². The molecule has 2 aliphatic rings. The molecule has 1 aliphatic carbocycles. The first-order valence-electron chi connectivity index (χ1n) is 6.81. The number of nitrogens with one attached hydrogen (secondary N) is 1. The van der Waals surface area contributed by atoms with E-state index in [0.717, 1.165) is 40.2 Å². The number of allylic oxidation sites excluding steroid dienone is 4. The van der Waals surface area contributed by atoms with E-state index in [1.807, 2.05) is 19.2 Å². The highest BCUT2D eigenvalue weighted by Gasteiger charge is 2.36. The highest BCUT2D eigenvalue weighted by molar-refractivity contribution is 7.10. The van der Waals surface area contributed by atoms with E-state index in [0.29, 0.717) is 12.0 Å². The lowest BCUT2D eigenvalue weighted by molar-refractivity contribution is -0.116. The van der Waals surface area contributed by atoms with Gasteiger partial charge in [0, 0.05) is 28.3 Å². The topological polar surface area (TPSA) is 52.9 Å². The van der Waals surface area contributed by atoms with Gasteiger partial charge in [-0.2, -0.15) is 5.26 Å². The molecule has 0 fully saturated rings. The van der Waals surface area contributed by atoms with Gasteiger partial charge in [-0.3, -0.25) is 4.79 Å². The normalized spacial score (nSPS) is 22.4. The average molecular weight is 284 g/mol. The Balaban J connectivity index is 2.21. The molecule has 0 saturated heterocycles. The van der Waals surface area contributed by atoms with Crippen LogP contribution in [0.4, 0.5) is 0 Å². The second kappa shape index (κ2) is 4.92. The molecule has 20 heavy (non-hydrogen) atoms. The molecule has 0 amide bonds. The quantitative estimate of drug-likeness (QED) is 0.858. The Kier molecular flexibility index (Phi) is 3.23. The predicted octanol–water partition coefficient (Wildman–Crippen LogP) is 3.55. The van der Waals surface area contributed by atoms with Crippen LogP contribution in [-0.4, -0.2) is 5.78 Å². The summed E-state index contributed by atoms with van der Waals surface area (Å²) in [4.78, 5) is 13.5. The van der Waals surface area contributed by atoms with E-state index in [1.165, 1.54) is 0 Å². The number of nitrogens with zero attached hydrogens (tertiary/aromatic N) is 1. The van der Waals surface area contributed by atoms with E-state index in [2.05, 4.69) is 17.5 Å². The molecular formula is C16H16N2OS. The van der Waals surface area contributed by atoms with Gasteiger partial charge in [0.15, 0.2) is 5.78 Å². The van der Waals surface area contributed by atoms with Crippen molar-refractivity contribution in [3.8, 4) is 6.07 Å². The molecule has 1 atom stereocenters. The van der Waals surface area contributed by atoms with Gasteiger partial charge in [0.2, 0.25) is 0 Å². The molecular weight excluding hydrogens is 268 g/mol. The number of carbonyl (C=O) groups excluding carboxylic acids is 1. The number of rotatable bonds is 1. The Hall–Kier alpha value is -1.86. The fourth-order valence-corrected chi connectivity index (χ4v) is 4.12. The smallest absolute Gasteiger partial charge is 0.161 e. The molecule has 102 valence electrons. The third-order valence-electron chi connectivity index (χ3n) is 4.06. The number of hydrogen-bond acceptors (Lipinski definition) is 4.